The summed E-state index contributed by atoms with van der Waals surface area (Å²) >= 11 is 0. The molecule has 0 heterocycles. The summed E-state index contributed by atoms with van der Waals surface area (Å²) in [6.45, 7) is 12.0. The lowest BCUT2D eigenvalue weighted by atomic mass is 9.93. The minimum absolute atomic E-state index is 0. The molecule has 0 aromatic carbocycles. The van der Waals surface area contributed by atoms with Crippen LogP contribution >= 0.6 is 0 Å². The van der Waals surface area contributed by atoms with E-state index < -0.39 is 0 Å². The normalized spacial score (nSPS) is 10.2. The molecule has 3 heteroatoms. The van der Waals surface area contributed by atoms with Crippen molar-refractivity contribution in [3.63, 3.8) is 0 Å². The third-order valence-electron chi connectivity index (χ3n) is 1.43. The van der Waals surface area contributed by atoms with Crippen LogP contribution in [0.25, 0.3) is 0 Å². The lowest BCUT2D eigenvalue weighted by Crippen LogP contribution is -2.13. The van der Waals surface area contributed by atoms with Gasteiger partial charge in [-0.1, -0.05) is 27.4 Å². The van der Waals surface area contributed by atoms with Gasteiger partial charge in [0.25, 0.3) is 0 Å². The Labute approximate surface area is 79.3 Å². The van der Waals surface area contributed by atoms with Crippen LogP contribution in [0.4, 0.5) is 4.70 Å². The molecule has 0 saturated heterocycles. The second kappa shape index (κ2) is 5.73. The molecule has 0 aliphatic rings. The number of ether oxygens (including phenoxy) is 1. The summed E-state index contributed by atoms with van der Waals surface area (Å²) < 4.78 is 4.94. The highest BCUT2D eigenvalue weighted by Crippen LogP contribution is 2.18. The Hall–Kier alpha value is -0.860. The third kappa shape index (κ3) is 9.05. The van der Waals surface area contributed by atoms with E-state index in [1.54, 1.807) is 6.92 Å². The van der Waals surface area contributed by atoms with E-state index >= 15 is 0 Å². The highest BCUT2D eigenvalue weighted by atomic mass is 19.0. The number of carbonyl (C=O) groups excluding carboxylic acids is 1. The summed E-state index contributed by atoms with van der Waals surface area (Å²) in [6.07, 6.45) is 0.881. The summed E-state index contributed by atoms with van der Waals surface area (Å²) in [4.78, 5) is 10.9. The van der Waals surface area contributed by atoms with Crippen molar-refractivity contribution in [3.8, 4) is 0 Å². The average Bonchev–Trinajstić information content (AvgIpc) is 1.84. The van der Waals surface area contributed by atoms with Crippen LogP contribution < -0.4 is 0 Å². The quantitative estimate of drug-likeness (QED) is 0.505. The topological polar surface area (TPSA) is 26.3 Å². The smallest absolute Gasteiger partial charge is 0.333 e. The fourth-order valence-electron chi connectivity index (χ4n) is 0.573. The standard InChI is InChI=1S/C10H18O2.FH/c1-8(2)9(11)12-7-6-10(3,4)5;/h1,6-7H2,2-5H3;1H. The van der Waals surface area contributed by atoms with Gasteiger partial charge < -0.3 is 4.74 Å². The average molecular weight is 190 g/mol. The van der Waals surface area contributed by atoms with Gasteiger partial charge in [-0.2, -0.15) is 0 Å². The van der Waals surface area contributed by atoms with Crippen LogP contribution in [0.2, 0.25) is 0 Å². The summed E-state index contributed by atoms with van der Waals surface area (Å²) in [5, 5.41) is 0. The number of halogens is 1. The molecule has 0 rings (SSSR count). The van der Waals surface area contributed by atoms with Gasteiger partial charge in [0, 0.05) is 5.57 Å². The second-order valence-electron chi connectivity index (χ2n) is 4.23. The van der Waals surface area contributed by atoms with E-state index in [0.717, 1.165) is 6.42 Å². The molecular formula is C10H19FO2. The zero-order valence-corrected chi connectivity index (χ0v) is 8.85. The molecule has 0 unspecified atom stereocenters. The second-order valence-corrected chi connectivity index (χ2v) is 4.23. The maximum absolute atomic E-state index is 10.9. The van der Waals surface area contributed by atoms with E-state index in [9.17, 15) is 4.79 Å². The number of rotatable bonds is 3. The lowest BCUT2D eigenvalue weighted by Gasteiger charge is -2.17. The van der Waals surface area contributed by atoms with E-state index in [2.05, 4.69) is 27.4 Å². The third-order valence-corrected chi connectivity index (χ3v) is 1.43. The van der Waals surface area contributed by atoms with Gasteiger partial charge in [0.15, 0.2) is 0 Å². The van der Waals surface area contributed by atoms with Crippen LogP contribution in [0.5, 0.6) is 0 Å². The molecule has 0 aliphatic carbocycles. The SMILES string of the molecule is C=C(C)C(=O)OCCC(C)(C)C.F. The van der Waals surface area contributed by atoms with Crippen molar-refractivity contribution >= 4 is 5.97 Å². The first-order valence-electron chi connectivity index (χ1n) is 4.15. The Morgan fingerprint density at radius 1 is 1.38 bits per heavy atom. The zero-order valence-electron chi connectivity index (χ0n) is 8.85. The molecule has 0 aromatic rings. The molecular weight excluding hydrogens is 171 g/mol. The summed E-state index contributed by atoms with van der Waals surface area (Å²) in [5.41, 5.74) is 0.680. The van der Waals surface area contributed by atoms with Gasteiger partial charge in [0.1, 0.15) is 0 Å². The highest BCUT2D eigenvalue weighted by molar-refractivity contribution is 5.86. The van der Waals surface area contributed by atoms with Gasteiger partial charge in [-0.25, -0.2) is 4.79 Å². The Bertz CT molecular complexity index is 180. The van der Waals surface area contributed by atoms with Crippen molar-refractivity contribution in [2.75, 3.05) is 6.61 Å². The maximum atomic E-state index is 10.9. The van der Waals surface area contributed by atoms with Crippen LogP contribution in [0.1, 0.15) is 34.1 Å². The fourth-order valence-corrected chi connectivity index (χ4v) is 0.573. The molecule has 13 heavy (non-hydrogen) atoms. The zero-order chi connectivity index (χ0) is 9.78. The predicted molar refractivity (Wildman–Crippen MR) is 52.3 cm³/mol. The number of carbonyl (C=O) groups is 1. The lowest BCUT2D eigenvalue weighted by molar-refractivity contribution is -0.139. The van der Waals surface area contributed by atoms with Crippen LogP contribution in [0, 0.1) is 5.41 Å². The molecule has 78 valence electrons. The Morgan fingerprint density at radius 3 is 2.15 bits per heavy atom. The summed E-state index contributed by atoms with van der Waals surface area (Å²) in [7, 11) is 0. The van der Waals surface area contributed by atoms with E-state index in [0.29, 0.717) is 12.2 Å². The molecule has 0 saturated carbocycles. The first kappa shape index (κ1) is 14.7. The molecule has 0 atom stereocenters. The van der Waals surface area contributed by atoms with Crippen molar-refractivity contribution in [1.82, 2.24) is 0 Å². The largest absolute Gasteiger partial charge is 0.462 e. The molecule has 0 aliphatic heterocycles. The first-order valence-corrected chi connectivity index (χ1v) is 4.15. The van der Waals surface area contributed by atoms with Gasteiger partial charge in [0.05, 0.1) is 6.61 Å². The Morgan fingerprint density at radius 2 is 1.85 bits per heavy atom. The minimum atomic E-state index is -0.292. The van der Waals surface area contributed by atoms with Crippen molar-refractivity contribution in [2.45, 2.75) is 34.1 Å². The van der Waals surface area contributed by atoms with Crippen molar-refractivity contribution in [3.05, 3.63) is 12.2 Å². The van der Waals surface area contributed by atoms with E-state index in [1.165, 1.54) is 0 Å². The minimum Gasteiger partial charge on any atom is -0.462 e. The van der Waals surface area contributed by atoms with Gasteiger partial charge in [-0.3, -0.25) is 4.70 Å². The number of hydrogen-bond acceptors (Lipinski definition) is 2. The van der Waals surface area contributed by atoms with Crippen LogP contribution in [-0.2, 0) is 9.53 Å². The molecule has 0 N–H and O–H groups in total. The molecule has 0 aromatic heterocycles. The Balaban J connectivity index is 0. The number of esters is 1. The monoisotopic (exact) mass is 190 g/mol. The van der Waals surface area contributed by atoms with E-state index in [4.69, 9.17) is 4.74 Å². The van der Waals surface area contributed by atoms with Crippen LogP contribution in [0.15, 0.2) is 12.2 Å². The van der Waals surface area contributed by atoms with Gasteiger partial charge in [-0.15, -0.1) is 0 Å². The van der Waals surface area contributed by atoms with Crippen molar-refractivity contribution in [2.24, 2.45) is 5.41 Å². The maximum Gasteiger partial charge on any atom is 0.333 e. The summed E-state index contributed by atoms with van der Waals surface area (Å²) in [5.74, 6) is -0.292. The molecule has 0 fully saturated rings. The Kier molecular flexibility index (Phi) is 6.46. The van der Waals surface area contributed by atoms with E-state index in [1.807, 2.05) is 0 Å². The van der Waals surface area contributed by atoms with Gasteiger partial charge in [0.2, 0.25) is 0 Å². The molecule has 0 radical (unpaired) electrons. The molecule has 0 bridgehead atoms. The first-order chi connectivity index (χ1) is 5.33. The van der Waals surface area contributed by atoms with Crippen LogP contribution in [0.3, 0.4) is 0 Å². The predicted octanol–water partition coefficient (Wildman–Crippen LogP) is 2.69. The van der Waals surface area contributed by atoms with Crippen molar-refractivity contribution < 1.29 is 14.2 Å². The van der Waals surface area contributed by atoms with E-state index in [-0.39, 0.29) is 16.1 Å². The molecule has 0 amide bonds. The molecule has 2 nitrogen and oxygen atoms in total. The van der Waals surface area contributed by atoms with Gasteiger partial charge in [-0.05, 0) is 18.8 Å². The fraction of sp³-hybridized carbons (Fsp3) is 0.700. The number of hydrogen-bond donors (Lipinski definition) is 0. The van der Waals surface area contributed by atoms with Crippen LogP contribution in [-0.4, -0.2) is 12.6 Å². The van der Waals surface area contributed by atoms with Gasteiger partial charge >= 0.3 is 5.97 Å². The highest BCUT2D eigenvalue weighted by Gasteiger charge is 2.11. The summed E-state index contributed by atoms with van der Waals surface area (Å²) in [6, 6.07) is 0. The molecule has 0 spiro atoms. The van der Waals surface area contributed by atoms with Crippen molar-refractivity contribution in [1.29, 1.82) is 0 Å².